The molecule has 31 heavy (non-hydrogen) atoms. The third-order valence-corrected chi connectivity index (χ3v) is 5.13. The van der Waals surface area contributed by atoms with Gasteiger partial charge in [-0.15, -0.1) is 0 Å². The monoisotopic (exact) mass is 418 g/mol. The first kappa shape index (κ1) is 20.2. The number of Topliss-reactive ketones (excluding diaryl/α,β-unsaturated/α-hetero) is 1. The molecule has 0 atom stereocenters. The molecule has 4 rings (SSSR count). The Balaban J connectivity index is 1.94. The number of hydrogen-bond donors (Lipinski definition) is 2. The van der Waals surface area contributed by atoms with Crippen LogP contribution < -0.4 is 5.01 Å². The maximum atomic E-state index is 13.6. The smallest absolute Gasteiger partial charge is 0.281 e. The topological polar surface area (TPSA) is 98.7 Å². The Labute approximate surface area is 177 Å². The quantitative estimate of drug-likeness (QED) is 0.495. The Morgan fingerprint density at radius 1 is 1.06 bits per heavy atom. The lowest BCUT2D eigenvalue weighted by Crippen LogP contribution is -2.23. The lowest BCUT2D eigenvalue weighted by atomic mass is 9.89. The van der Waals surface area contributed by atoms with Crippen molar-refractivity contribution in [3.05, 3.63) is 82.3 Å². The molecule has 0 bridgehead atoms. The Morgan fingerprint density at radius 3 is 2.35 bits per heavy atom. The van der Waals surface area contributed by atoms with E-state index in [0.717, 1.165) is 10.6 Å². The van der Waals surface area contributed by atoms with Gasteiger partial charge in [-0.05, 0) is 50.6 Å². The molecule has 7 nitrogen and oxygen atoms in total. The first-order valence-electron chi connectivity index (χ1n) is 9.54. The molecule has 3 aromatic rings. The number of allylic oxidation sites excluding steroid dienone is 1. The fraction of sp³-hybridized carbons (Fsp3) is 0.130. The van der Waals surface area contributed by atoms with Gasteiger partial charge in [0, 0.05) is 5.56 Å². The summed E-state index contributed by atoms with van der Waals surface area (Å²) in [5.41, 5.74) is 2.34. The van der Waals surface area contributed by atoms with Crippen molar-refractivity contribution in [3.63, 3.8) is 0 Å². The van der Waals surface area contributed by atoms with E-state index in [0.29, 0.717) is 22.7 Å². The zero-order chi connectivity index (χ0) is 22.3. The number of aromatic nitrogens is 2. The number of ketones is 1. The maximum Gasteiger partial charge on any atom is 0.281 e. The number of carbonyl (C=O) groups is 2. The van der Waals surface area contributed by atoms with Crippen molar-refractivity contribution in [3.8, 4) is 5.88 Å². The largest absolute Gasteiger partial charge is 0.493 e. The van der Waals surface area contributed by atoms with E-state index >= 15 is 0 Å². The summed E-state index contributed by atoms with van der Waals surface area (Å²) < 4.78 is 13.3. The second kappa shape index (κ2) is 7.64. The number of aryl methyl sites for hydroxylation is 2. The number of nitrogens with one attached hydrogen (secondary N) is 1. The van der Waals surface area contributed by atoms with Gasteiger partial charge in [-0.2, -0.15) is 15.2 Å². The maximum absolute atomic E-state index is 13.6. The molecule has 1 aromatic heterocycles. The van der Waals surface area contributed by atoms with Crippen molar-refractivity contribution in [1.82, 2.24) is 10.2 Å². The fourth-order valence-corrected chi connectivity index (χ4v) is 3.58. The van der Waals surface area contributed by atoms with Crippen LogP contribution in [0.3, 0.4) is 0 Å². The minimum atomic E-state index is -0.555. The van der Waals surface area contributed by atoms with Crippen molar-refractivity contribution in [2.75, 3.05) is 5.01 Å². The van der Waals surface area contributed by atoms with E-state index in [4.69, 9.17) is 0 Å². The third-order valence-electron chi connectivity index (χ3n) is 5.13. The summed E-state index contributed by atoms with van der Waals surface area (Å²) in [5.74, 6) is -1.75. The predicted octanol–water partition coefficient (Wildman–Crippen LogP) is 3.93. The van der Waals surface area contributed by atoms with E-state index < -0.39 is 17.5 Å². The van der Waals surface area contributed by atoms with Gasteiger partial charge in [0.2, 0.25) is 5.88 Å². The number of aromatic hydroxyl groups is 1. The van der Waals surface area contributed by atoms with Gasteiger partial charge in [0.1, 0.15) is 5.82 Å². The van der Waals surface area contributed by atoms with Crippen LogP contribution in [-0.2, 0) is 4.79 Å². The van der Waals surface area contributed by atoms with E-state index in [1.165, 1.54) is 24.3 Å². The molecule has 2 N–H and O–H groups in total. The highest BCUT2D eigenvalue weighted by atomic mass is 19.1. The van der Waals surface area contributed by atoms with Crippen molar-refractivity contribution in [1.29, 1.82) is 0 Å². The molecule has 0 fully saturated rings. The zero-order valence-corrected chi connectivity index (χ0v) is 17.1. The van der Waals surface area contributed by atoms with E-state index in [2.05, 4.69) is 15.3 Å². The molecule has 0 saturated heterocycles. The van der Waals surface area contributed by atoms with Crippen LogP contribution in [0.15, 0.2) is 59.2 Å². The van der Waals surface area contributed by atoms with Gasteiger partial charge in [0.25, 0.3) is 5.91 Å². The molecule has 1 aliphatic heterocycles. The van der Waals surface area contributed by atoms with Crippen molar-refractivity contribution >= 4 is 28.7 Å². The number of rotatable bonds is 4. The molecule has 1 aliphatic rings. The van der Waals surface area contributed by atoms with Crippen LogP contribution in [-0.4, -0.2) is 32.7 Å². The molecule has 156 valence electrons. The number of hydrazone groups is 1. The summed E-state index contributed by atoms with van der Waals surface area (Å²) in [6.07, 6.45) is 0. The summed E-state index contributed by atoms with van der Waals surface area (Å²) in [5, 5.41) is 22.2. The first-order chi connectivity index (χ1) is 14.8. The number of H-pyrrole nitrogens is 1. The average molecular weight is 418 g/mol. The van der Waals surface area contributed by atoms with Crippen LogP contribution in [0.4, 0.5) is 10.1 Å². The number of anilines is 1. The molecule has 2 aromatic carbocycles. The molecule has 0 unspecified atom stereocenters. The first-order valence-corrected chi connectivity index (χ1v) is 9.54. The van der Waals surface area contributed by atoms with Gasteiger partial charge in [0.15, 0.2) is 5.78 Å². The summed E-state index contributed by atoms with van der Waals surface area (Å²) >= 11 is 0. The van der Waals surface area contributed by atoms with E-state index in [1.54, 1.807) is 39.0 Å². The van der Waals surface area contributed by atoms with Crippen molar-refractivity contribution in [2.24, 2.45) is 5.10 Å². The molecule has 1 amide bonds. The van der Waals surface area contributed by atoms with E-state index in [9.17, 15) is 19.1 Å². The lowest BCUT2D eigenvalue weighted by molar-refractivity contribution is -0.114. The number of amides is 1. The normalized spacial score (nSPS) is 15.3. The number of hydrogen-bond acceptors (Lipinski definition) is 5. The Morgan fingerprint density at radius 2 is 1.74 bits per heavy atom. The second-order valence-corrected chi connectivity index (χ2v) is 7.21. The zero-order valence-electron chi connectivity index (χ0n) is 17.1. The molecule has 0 aliphatic carbocycles. The highest BCUT2D eigenvalue weighted by Crippen LogP contribution is 2.36. The predicted molar refractivity (Wildman–Crippen MR) is 114 cm³/mol. The number of carbonyl (C=O) groups excluding carboxylic acids is 2. The van der Waals surface area contributed by atoms with Gasteiger partial charge in [-0.25, -0.2) is 9.49 Å². The summed E-state index contributed by atoms with van der Waals surface area (Å²) in [6.45, 7) is 5.02. The van der Waals surface area contributed by atoms with Crippen LogP contribution in [0, 0.1) is 19.7 Å². The Hall–Kier alpha value is -4.07. The molecular weight excluding hydrogens is 399 g/mol. The highest BCUT2D eigenvalue weighted by molar-refractivity contribution is 6.44. The molecule has 2 heterocycles. The third kappa shape index (κ3) is 3.42. The average Bonchev–Trinajstić information content (AvgIpc) is 3.23. The van der Waals surface area contributed by atoms with Gasteiger partial charge in [-0.3, -0.25) is 9.59 Å². The fourth-order valence-electron chi connectivity index (χ4n) is 3.58. The van der Waals surface area contributed by atoms with Crippen LogP contribution in [0.5, 0.6) is 5.88 Å². The van der Waals surface area contributed by atoms with Gasteiger partial charge in [0.05, 0.1) is 33.8 Å². The standard InChI is InChI=1S/C23H19FN4O3/c1-12-6-4-5-7-17(12)21(29)20(18-13(2)25-26-22(18)30)19-14(3)27-28(23(19)31)16-10-8-15(24)9-11-16/h4-11H,1-3H3,(H2,25,26,30). The van der Waals surface area contributed by atoms with Crippen LogP contribution in [0.1, 0.15) is 34.1 Å². The van der Waals surface area contributed by atoms with Gasteiger partial charge in [-0.1, -0.05) is 24.3 Å². The van der Waals surface area contributed by atoms with E-state index in [1.807, 2.05) is 6.07 Å². The molecular formula is C23H19FN4O3. The van der Waals surface area contributed by atoms with Gasteiger partial charge >= 0.3 is 0 Å². The van der Waals surface area contributed by atoms with Crippen molar-refractivity contribution in [2.45, 2.75) is 20.8 Å². The summed E-state index contributed by atoms with van der Waals surface area (Å²) in [4.78, 5) is 27.0. The summed E-state index contributed by atoms with van der Waals surface area (Å²) in [7, 11) is 0. The molecule has 8 heteroatoms. The number of halogens is 1. The SMILES string of the molecule is CC1=NN(c2ccc(F)cc2)C(=O)C1=C(C(=O)c1ccccc1C)c1c(C)n[nH]c1O. The number of benzene rings is 2. The lowest BCUT2D eigenvalue weighted by Gasteiger charge is -2.14. The number of nitrogens with zero attached hydrogens (tertiary/aromatic N) is 3. The van der Waals surface area contributed by atoms with Crippen LogP contribution in [0.25, 0.3) is 5.57 Å². The number of aromatic amines is 1. The Bertz CT molecular complexity index is 1250. The van der Waals surface area contributed by atoms with Crippen LogP contribution >= 0.6 is 0 Å². The van der Waals surface area contributed by atoms with Crippen molar-refractivity contribution < 1.29 is 19.1 Å². The molecule has 0 spiro atoms. The molecule has 0 saturated carbocycles. The highest BCUT2D eigenvalue weighted by Gasteiger charge is 2.37. The molecule has 0 radical (unpaired) electrons. The van der Waals surface area contributed by atoms with E-state index in [-0.39, 0.29) is 22.6 Å². The van der Waals surface area contributed by atoms with Crippen LogP contribution in [0.2, 0.25) is 0 Å². The minimum Gasteiger partial charge on any atom is -0.493 e. The Kier molecular flexibility index (Phi) is 4.98. The second-order valence-electron chi connectivity index (χ2n) is 7.21. The van der Waals surface area contributed by atoms with Gasteiger partial charge < -0.3 is 5.11 Å². The minimum absolute atomic E-state index is 0.00825. The summed E-state index contributed by atoms with van der Waals surface area (Å²) in [6, 6.07) is 12.3.